The van der Waals surface area contributed by atoms with E-state index in [0.717, 1.165) is 5.56 Å². The van der Waals surface area contributed by atoms with Gasteiger partial charge in [0.05, 0.1) is 17.2 Å². The van der Waals surface area contributed by atoms with Gasteiger partial charge in [-0.25, -0.2) is 4.68 Å². The molecule has 0 amide bonds. The van der Waals surface area contributed by atoms with Gasteiger partial charge < -0.3 is 5.11 Å². The van der Waals surface area contributed by atoms with Crippen LogP contribution in [0.2, 0.25) is 0 Å². The zero-order chi connectivity index (χ0) is 15.5. The lowest BCUT2D eigenvalue weighted by Gasteiger charge is -2.07. The Morgan fingerprint density at radius 1 is 1.23 bits per heavy atom. The summed E-state index contributed by atoms with van der Waals surface area (Å²) in [5.41, 5.74) is 2.17. The van der Waals surface area contributed by atoms with Gasteiger partial charge in [0.2, 0.25) is 0 Å². The van der Waals surface area contributed by atoms with Crippen molar-refractivity contribution in [1.29, 1.82) is 0 Å². The fourth-order valence-corrected chi connectivity index (χ4v) is 2.14. The maximum Gasteiger partial charge on any atom is 0.271 e. The number of aliphatic hydroxyl groups is 1. The van der Waals surface area contributed by atoms with Crippen LogP contribution in [0.15, 0.2) is 48.8 Å². The van der Waals surface area contributed by atoms with Gasteiger partial charge in [-0.15, -0.1) is 5.10 Å². The van der Waals surface area contributed by atoms with Crippen molar-refractivity contribution in [2.24, 2.45) is 0 Å². The van der Waals surface area contributed by atoms with Gasteiger partial charge in [-0.1, -0.05) is 11.3 Å². The summed E-state index contributed by atoms with van der Waals surface area (Å²) in [6.07, 6.45) is 3.22. The second-order valence-electron chi connectivity index (χ2n) is 4.47. The van der Waals surface area contributed by atoms with E-state index in [2.05, 4.69) is 15.3 Å². The van der Waals surface area contributed by atoms with E-state index in [1.165, 1.54) is 16.8 Å². The molecule has 0 saturated heterocycles. The highest BCUT2D eigenvalue weighted by molar-refractivity contribution is 5.64. The third-order valence-corrected chi connectivity index (χ3v) is 3.13. The average molecular weight is 297 g/mol. The summed E-state index contributed by atoms with van der Waals surface area (Å²) in [6.45, 7) is -0.285. The SMILES string of the molecule is O=[N+]([O-])c1cccc(-n2nnc(CO)c2-c2ccncc2)c1. The Hall–Kier alpha value is -3.13. The standard InChI is InChI=1S/C14H11N5O3/c20-9-13-14(10-4-6-15-7-5-10)18(17-16-13)11-2-1-3-12(8-11)19(21)22/h1-8,20H,9H2. The number of aromatic nitrogens is 4. The normalized spacial score (nSPS) is 10.6. The second kappa shape index (κ2) is 5.70. The first-order valence-corrected chi connectivity index (χ1v) is 6.41. The molecule has 8 heteroatoms. The molecule has 0 spiro atoms. The number of hydrogen-bond donors (Lipinski definition) is 1. The van der Waals surface area contributed by atoms with Crippen molar-refractivity contribution in [2.45, 2.75) is 6.61 Å². The molecule has 110 valence electrons. The lowest BCUT2D eigenvalue weighted by atomic mass is 10.1. The molecule has 0 aliphatic carbocycles. The van der Waals surface area contributed by atoms with Crippen LogP contribution in [0.1, 0.15) is 5.69 Å². The molecule has 0 atom stereocenters. The fraction of sp³-hybridized carbons (Fsp3) is 0.0714. The van der Waals surface area contributed by atoms with E-state index in [-0.39, 0.29) is 12.3 Å². The van der Waals surface area contributed by atoms with Crippen molar-refractivity contribution in [3.05, 3.63) is 64.6 Å². The number of nitro groups is 1. The number of nitrogens with zero attached hydrogens (tertiary/aromatic N) is 5. The molecule has 3 rings (SSSR count). The van der Waals surface area contributed by atoms with Crippen LogP contribution in [-0.4, -0.2) is 30.0 Å². The first-order chi connectivity index (χ1) is 10.7. The number of benzene rings is 1. The van der Waals surface area contributed by atoms with E-state index in [0.29, 0.717) is 17.1 Å². The minimum absolute atomic E-state index is 0.0424. The summed E-state index contributed by atoms with van der Waals surface area (Å²) in [7, 11) is 0. The monoisotopic (exact) mass is 297 g/mol. The number of rotatable bonds is 4. The average Bonchev–Trinajstić information content (AvgIpc) is 2.99. The van der Waals surface area contributed by atoms with Crippen LogP contribution in [0.4, 0.5) is 5.69 Å². The van der Waals surface area contributed by atoms with Gasteiger partial charge in [-0.05, 0) is 18.2 Å². The van der Waals surface area contributed by atoms with Crippen LogP contribution in [0.5, 0.6) is 0 Å². The maximum atomic E-state index is 10.9. The smallest absolute Gasteiger partial charge is 0.271 e. The Bertz CT molecular complexity index is 816. The Morgan fingerprint density at radius 3 is 2.68 bits per heavy atom. The maximum absolute atomic E-state index is 10.9. The summed E-state index contributed by atoms with van der Waals surface area (Å²) < 4.78 is 1.47. The van der Waals surface area contributed by atoms with Gasteiger partial charge in [-0.3, -0.25) is 15.1 Å². The molecule has 8 nitrogen and oxygen atoms in total. The molecule has 0 radical (unpaired) electrons. The summed E-state index contributed by atoms with van der Waals surface area (Å²) >= 11 is 0. The lowest BCUT2D eigenvalue weighted by Crippen LogP contribution is -2.01. The fourth-order valence-electron chi connectivity index (χ4n) is 2.14. The quantitative estimate of drug-likeness (QED) is 0.580. The molecular weight excluding hydrogens is 286 g/mol. The molecule has 0 saturated carbocycles. The van der Waals surface area contributed by atoms with Crippen LogP contribution in [0.25, 0.3) is 16.9 Å². The van der Waals surface area contributed by atoms with Crippen LogP contribution in [0.3, 0.4) is 0 Å². The molecule has 0 aliphatic rings. The first-order valence-electron chi connectivity index (χ1n) is 6.41. The van der Waals surface area contributed by atoms with E-state index < -0.39 is 4.92 Å². The van der Waals surface area contributed by atoms with Crippen molar-refractivity contribution in [2.75, 3.05) is 0 Å². The predicted molar refractivity (Wildman–Crippen MR) is 77.2 cm³/mol. The van der Waals surface area contributed by atoms with Crippen molar-refractivity contribution in [3.8, 4) is 16.9 Å². The number of aliphatic hydroxyl groups excluding tert-OH is 1. The van der Waals surface area contributed by atoms with Gasteiger partial charge in [-0.2, -0.15) is 0 Å². The number of hydrogen-bond acceptors (Lipinski definition) is 6. The van der Waals surface area contributed by atoms with Crippen LogP contribution >= 0.6 is 0 Å². The van der Waals surface area contributed by atoms with Crippen molar-refractivity contribution in [3.63, 3.8) is 0 Å². The summed E-state index contributed by atoms with van der Waals surface area (Å²) in [5, 5.41) is 28.3. The number of pyridine rings is 1. The summed E-state index contributed by atoms with van der Waals surface area (Å²) in [4.78, 5) is 14.4. The summed E-state index contributed by atoms with van der Waals surface area (Å²) in [5.74, 6) is 0. The van der Waals surface area contributed by atoms with Crippen molar-refractivity contribution in [1.82, 2.24) is 20.0 Å². The van der Waals surface area contributed by atoms with Crippen LogP contribution < -0.4 is 0 Å². The second-order valence-corrected chi connectivity index (χ2v) is 4.47. The van der Waals surface area contributed by atoms with E-state index in [4.69, 9.17) is 0 Å². The molecule has 2 aromatic heterocycles. The van der Waals surface area contributed by atoms with Gasteiger partial charge in [0, 0.05) is 30.1 Å². The lowest BCUT2D eigenvalue weighted by molar-refractivity contribution is -0.384. The summed E-state index contributed by atoms with van der Waals surface area (Å²) in [6, 6.07) is 9.58. The van der Waals surface area contributed by atoms with Gasteiger partial charge in [0.15, 0.2) is 0 Å². The van der Waals surface area contributed by atoms with E-state index in [9.17, 15) is 15.2 Å². The number of nitro benzene ring substituents is 1. The topological polar surface area (TPSA) is 107 Å². The van der Waals surface area contributed by atoms with E-state index in [1.807, 2.05) is 0 Å². The molecule has 0 bridgehead atoms. The Labute approximate surface area is 124 Å². The van der Waals surface area contributed by atoms with Gasteiger partial charge in [0.25, 0.3) is 5.69 Å². The molecular formula is C14H11N5O3. The predicted octanol–water partition coefficient (Wildman–Crippen LogP) is 1.73. The minimum Gasteiger partial charge on any atom is -0.390 e. The highest BCUT2D eigenvalue weighted by Crippen LogP contribution is 2.26. The Balaban J connectivity index is 2.18. The minimum atomic E-state index is -0.473. The Kier molecular flexibility index (Phi) is 3.58. The molecule has 2 heterocycles. The molecule has 1 N–H and O–H groups in total. The third-order valence-electron chi connectivity index (χ3n) is 3.13. The third kappa shape index (κ3) is 2.42. The first kappa shape index (κ1) is 13.8. The van der Waals surface area contributed by atoms with Crippen molar-refractivity contribution >= 4 is 5.69 Å². The molecule has 0 aliphatic heterocycles. The van der Waals surface area contributed by atoms with E-state index in [1.54, 1.807) is 36.7 Å². The van der Waals surface area contributed by atoms with Crippen molar-refractivity contribution < 1.29 is 10.0 Å². The molecule has 1 aromatic carbocycles. The zero-order valence-corrected chi connectivity index (χ0v) is 11.3. The molecule has 22 heavy (non-hydrogen) atoms. The largest absolute Gasteiger partial charge is 0.390 e. The van der Waals surface area contributed by atoms with Crippen LogP contribution in [0, 0.1) is 10.1 Å². The highest BCUT2D eigenvalue weighted by Gasteiger charge is 2.17. The van der Waals surface area contributed by atoms with Crippen LogP contribution in [-0.2, 0) is 6.61 Å². The molecule has 0 fully saturated rings. The van der Waals surface area contributed by atoms with E-state index >= 15 is 0 Å². The highest BCUT2D eigenvalue weighted by atomic mass is 16.6. The molecule has 3 aromatic rings. The molecule has 0 unspecified atom stereocenters. The van der Waals surface area contributed by atoms with Gasteiger partial charge in [0.1, 0.15) is 11.4 Å². The number of non-ortho nitro benzene ring substituents is 1. The Morgan fingerprint density at radius 2 is 2.00 bits per heavy atom. The van der Waals surface area contributed by atoms with Gasteiger partial charge >= 0.3 is 0 Å². The zero-order valence-electron chi connectivity index (χ0n) is 11.3.